The SMILES string of the molecule is O=C(O)c1cc(Br)cn2nnnc12. The third-order valence-corrected chi connectivity index (χ3v) is 1.93. The van der Waals surface area contributed by atoms with Crippen molar-refractivity contribution in [3.8, 4) is 0 Å². The van der Waals surface area contributed by atoms with Gasteiger partial charge in [0, 0.05) is 10.7 Å². The maximum Gasteiger partial charge on any atom is 0.339 e. The van der Waals surface area contributed by atoms with Crippen LogP contribution in [0.4, 0.5) is 0 Å². The lowest BCUT2D eigenvalue weighted by Gasteiger charge is -1.96. The van der Waals surface area contributed by atoms with Crippen LogP contribution in [0, 0.1) is 0 Å². The molecule has 0 amide bonds. The Labute approximate surface area is 80.3 Å². The molecule has 0 aliphatic heterocycles. The summed E-state index contributed by atoms with van der Waals surface area (Å²) in [5.41, 5.74) is 0.301. The van der Waals surface area contributed by atoms with Gasteiger partial charge in [0.2, 0.25) is 0 Å². The van der Waals surface area contributed by atoms with E-state index in [4.69, 9.17) is 5.11 Å². The van der Waals surface area contributed by atoms with Crippen molar-refractivity contribution in [2.24, 2.45) is 0 Å². The molecule has 2 aromatic heterocycles. The molecule has 2 rings (SSSR count). The van der Waals surface area contributed by atoms with Gasteiger partial charge in [-0.3, -0.25) is 0 Å². The summed E-state index contributed by atoms with van der Waals surface area (Å²) in [6, 6.07) is 1.45. The molecule has 0 radical (unpaired) electrons. The topological polar surface area (TPSA) is 80.4 Å². The van der Waals surface area contributed by atoms with Crippen LogP contribution in [0.2, 0.25) is 0 Å². The van der Waals surface area contributed by atoms with E-state index in [-0.39, 0.29) is 11.2 Å². The van der Waals surface area contributed by atoms with E-state index in [1.54, 1.807) is 6.20 Å². The number of halogens is 1. The van der Waals surface area contributed by atoms with E-state index in [0.717, 1.165) is 0 Å². The Kier molecular flexibility index (Phi) is 1.73. The first-order valence-corrected chi connectivity index (χ1v) is 4.08. The van der Waals surface area contributed by atoms with Crippen LogP contribution in [-0.2, 0) is 0 Å². The maximum absolute atomic E-state index is 10.7. The van der Waals surface area contributed by atoms with Gasteiger partial charge in [-0.25, -0.2) is 4.79 Å². The molecule has 0 fully saturated rings. The molecule has 2 heterocycles. The molecule has 0 saturated heterocycles. The van der Waals surface area contributed by atoms with E-state index < -0.39 is 5.97 Å². The van der Waals surface area contributed by atoms with E-state index in [1.807, 2.05) is 0 Å². The summed E-state index contributed by atoms with van der Waals surface area (Å²) in [7, 11) is 0. The Morgan fingerprint density at radius 3 is 3.08 bits per heavy atom. The number of tetrazole rings is 1. The molecular weight excluding hydrogens is 240 g/mol. The minimum Gasteiger partial charge on any atom is -0.478 e. The molecule has 0 spiro atoms. The number of carboxylic acids is 1. The minimum atomic E-state index is -1.05. The number of hydrogen-bond acceptors (Lipinski definition) is 4. The lowest BCUT2D eigenvalue weighted by Crippen LogP contribution is -2.01. The summed E-state index contributed by atoms with van der Waals surface area (Å²) in [5.74, 6) is -1.05. The number of hydrogen-bond donors (Lipinski definition) is 1. The van der Waals surface area contributed by atoms with Crippen molar-refractivity contribution in [2.45, 2.75) is 0 Å². The van der Waals surface area contributed by atoms with Crippen molar-refractivity contribution in [1.29, 1.82) is 0 Å². The molecule has 1 N–H and O–H groups in total. The highest BCUT2D eigenvalue weighted by molar-refractivity contribution is 9.10. The second kappa shape index (κ2) is 2.77. The predicted octanol–water partition coefficient (Wildman–Crippen LogP) is 0.585. The second-order valence-corrected chi connectivity index (χ2v) is 3.24. The zero-order valence-corrected chi connectivity index (χ0v) is 7.76. The normalized spacial score (nSPS) is 10.5. The fraction of sp³-hybridized carbons (Fsp3) is 0. The van der Waals surface area contributed by atoms with Gasteiger partial charge >= 0.3 is 5.97 Å². The molecule has 13 heavy (non-hydrogen) atoms. The molecule has 6 nitrogen and oxygen atoms in total. The Balaban J connectivity index is 2.84. The van der Waals surface area contributed by atoms with E-state index in [0.29, 0.717) is 4.47 Å². The summed E-state index contributed by atoms with van der Waals surface area (Å²) < 4.78 is 1.91. The molecule has 2 aromatic rings. The molecule has 0 saturated carbocycles. The molecule has 0 aliphatic rings. The van der Waals surface area contributed by atoms with Crippen molar-refractivity contribution >= 4 is 27.5 Å². The quantitative estimate of drug-likeness (QED) is 0.792. The zero-order valence-electron chi connectivity index (χ0n) is 6.18. The van der Waals surface area contributed by atoms with Gasteiger partial charge in [-0.1, -0.05) is 0 Å². The fourth-order valence-corrected chi connectivity index (χ4v) is 1.39. The van der Waals surface area contributed by atoms with E-state index in [2.05, 4.69) is 31.5 Å². The van der Waals surface area contributed by atoms with Crippen molar-refractivity contribution in [3.05, 3.63) is 22.3 Å². The summed E-state index contributed by atoms with van der Waals surface area (Å²) in [4.78, 5) is 10.7. The Morgan fingerprint density at radius 1 is 1.62 bits per heavy atom. The highest BCUT2D eigenvalue weighted by atomic mass is 79.9. The first-order valence-electron chi connectivity index (χ1n) is 3.29. The lowest BCUT2D eigenvalue weighted by atomic mass is 10.3. The van der Waals surface area contributed by atoms with Gasteiger partial charge in [0.25, 0.3) is 0 Å². The van der Waals surface area contributed by atoms with Crippen LogP contribution in [0.1, 0.15) is 10.4 Å². The van der Waals surface area contributed by atoms with Crippen molar-refractivity contribution in [1.82, 2.24) is 20.0 Å². The van der Waals surface area contributed by atoms with Crippen LogP contribution in [0.15, 0.2) is 16.7 Å². The first-order chi connectivity index (χ1) is 6.18. The van der Waals surface area contributed by atoms with Gasteiger partial charge in [0.1, 0.15) is 5.56 Å². The van der Waals surface area contributed by atoms with Crippen LogP contribution in [0.5, 0.6) is 0 Å². The molecule has 0 aliphatic carbocycles. The number of fused-ring (bicyclic) bond motifs is 1. The molecule has 7 heteroatoms. The molecular formula is C6H3BrN4O2. The lowest BCUT2D eigenvalue weighted by molar-refractivity contribution is 0.0698. The molecule has 0 aromatic carbocycles. The predicted molar refractivity (Wildman–Crippen MR) is 45.4 cm³/mol. The van der Waals surface area contributed by atoms with Crippen molar-refractivity contribution in [2.75, 3.05) is 0 Å². The number of nitrogens with zero attached hydrogens (tertiary/aromatic N) is 4. The molecule has 0 bridgehead atoms. The average molecular weight is 243 g/mol. The van der Waals surface area contributed by atoms with E-state index in [9.17, 15) is 4.79 Å². The van der Waals surface area contributed by atoms with E-state index >= 15 is 0 Å². The number of carboxylic acid groups (broad SMARTS) is 1. The average Bonchev–Trinajstić information content (AvgIpc) is 2.49. The van der Waals surface area contributed by atoms with Gasteiger partial charge < -0.3 is 5.11 Å². The van der Waals surface area contributed by atoms with Gasteiger partial charge in [-0.2, -0.15) is 4.52 Å². The number of aromatic carboxylic acids is 1. The highest BCUT2D eigenvalue weighted by Crippen LogP contribution is 2.14. The summed E-state index contributed by atoms with van der Waals surface area (Å²) in [5, 5.41) is 19.3. The third kappa shape index (κ3) is 1.26. The number of aromatic nitrogens is 4. The largest absolute Gasteiger partial charge is 0.478 e. The molecule has 0 unspecified atom stereocenters. The minimum absolute atomic E-state index is 0.0689. The van der Waals surface area contributed by atoms with Gasteiger partial charge in [0.05, 0.1) is 0 Å². The first kappa shape index (κ1) is 8.11. The summed E-state index contributed by atoms with van der Waals surface area (Å²) in [6.07, 6.45) is 1.59. The Bertz CT molecular complexity index is 480. The highest BCUT2D eigenvalue weighted by Gasteiger charge is 2.12. The Morgan fingerprint density at radius 2 is 2.38 bits per heavy atom. The summed E-state index contributed by atoms with van der Waals surface area (Å²) >= 11 is 3.16. The Hall–Kier alpha value is -1.50. The third-order valence-electron chi connectivity index (χ3n) is 1.49. The molecule has 0 atom stereocenters. The van der Waals surface area contributed by atoms with Crippen LogP contribution >= 0.6 is 15.9 Å². The van der Waals surface area contributed by atoms with Gasteiger partial charge in [-0.05, 0) is 32.4 Å². The molecule has 66 valence electrons. The number of pyridine rings is 1. The van der Waals surface area contributed by atoms with Crippen LogP contribution in [0.3, 0.4) is 0 Å². The monoisotopic (exact) mass is 242 g/mol. The van der Waals surface area contributed by atoms with Crippen molar-refractivity contribution in [3.63, 3.8) is 0 Å². The van der Waals surface area contributed by atoms with Crippen LogP contribution < -0.4 is 0 Å². The van der Waals surface area contributed by atoms with Crippen LogP contribution in [0.25, 0.3) is 5.65 Å². The van der Waals surface area contributed by atoms with E-state index in [1.165, 1.54) is 10.6 Å². The van der Waals surface area contributed by atoms with Gasteiger partial charge in [-0.15, -0.1) is 5.10 Å². The fourth-order valence-electron chi connectivity index (χ4n) is 0.972. The van der Waals surface area contributed by atoms with Crippen LogP contribution in [-0.4, -0.2) is 31.1 Å². The number of carbonyl (C=O) groups is 1. The standard InChI is InChI=1S/C6H3BrN4O2/c7-3-1-4(6(12)13)5-8-9-10-11(5)2-3/h1-2H,(H,12,13). The van der Waals surface area contributed by atoms with Crippen molar-refractivity contribution < 1.29 is 9.90 Å². The smallest absolute Gasteiger partial charge is 0.339 e. The summed E-state index contributed by atoms with van der Waals surface area (Å²) in [6.45, 7) is 0. The second-order valence-electron chi connectivity index (χ2n) is 2.32. The maximum atomic E-state index is 10.7. The number of rotatable bonds is 1. The van der Waals surface area contributed by atoms with Gasteiger partial charge in [0.15, 0.2) is 5.65 Å². The zero-order chi connectivity index (χ0) is 9.42.